The molecule has 1 aliphatic rings. The summed E-state index contributed by atoms with van der Waals surface area (Å²) in [6.07, 6.45) is 5.03. The lowest BCUT2D eigenvalue weighted by Crippen LogP contribution is -2.60. The molecule has 114 valence electrons. The first-order chi connectivity index (χ1) is 8.87. The Hall–Kier alpha value is -0.160. The maximum absolute atomic E-state index is 9.64. The van der Waals surface area contributed by atoms with Crippen molar-refractivity contribution in [2.24, 2.45) is 0 Å². The number of rotatable bonds is 9. The average molecular weight is 271 g/mol. The third-order valence-electron chi connectivity index (χ3n) is 4.57. The molecule has 0 aromatic rings. The first kappa shape index (κ1) is 16.9. The molecule has 1 rings (SSSR count). The normalized spacial score (nSPS) is 21.5. The van der Waals surface area contributed by atoms with Gasteiger partial charge in [0, 0.05) is 18.6 Å². The predicted molar refractivity (Wildman–Crippen MR) is 81.6 cm³/mol. The van der Waals surface area contributed by atoms with Gasteiger partial charge in [-0.15, -0.1) is 0 Å². The molecule has 0 spiro atoms. The van der Waals surface area contributed by atoms with Crippen LogP contribution in [-0.2, 0) is 0 Å². The summed E-state index contributed by atoms with van der Waals surface area (Å²) >= 11 is 0. The van der Waals surface area contributed by atoms with E-state index in [2.05, 4.69) is 50.1 Å². The molecule has 19 heavy (non-hydrogen) atoms. The number of nitrogens with zero attached hydrogens (tertiary/aromatic N) is 2. The minimum atomic E-state index is -0.192. The van der Waals surface area contributed by atoms with Gasteiger partial charge in [0.2, 0.25) is 0 Å². The van der Waals surface area contributed by atoms with Gasteiger partial charge in [-0.1, -0.05) is 6.92 Å². The molecular weight excluding hydrogens is 238 g/mol. The molecular formula is C15H33N3O. The summed E-state index contributed by atoms with van der Waals surface area (Å²) in [6, 6.07) is 0. The zero-order valence-electron chi connectivity index (χ0n) is 13.5. The molecule has 4 heteroatoms. The van der Waals surface area contributed by atoms with Crippen LogP contribution in [0.1, 0.15) is 39.5 Å². The van der Waals surface area contributed by atoms with Gasteiger partial charge in [0.25, 0.3) is 0 Å². The number of aliphatic hydroxyl groups excluding tert-OH is 1. The van der Waals surface area contributed by atoms with Crippen LogP contribution < -0.4 is 5.32 Å². The lowest BCUT2D eigenvalue weighted by molar-refractivity contribution is 0.0166. The van der Waals surface area contributed by atoms with Crippen LogP contribution in [0, 0.1) is 0 Å². The molecule has 1 unspecified atom stereocenters. The standard InChI is InChI=1S/C15H33N3O/c1-6-10-16-14(2,13-19)11-18(5)12-15(17(3)4)8-7-9-15/h16,19H,6-13H2,1-5H3. The van der Waals surface area contributed by atoms with Crippen molar-refractivity contribution in [1.82, 2.24) is 15.1 Å². The zero-order chi connectivity index (χ0) is 14.5. The van der Waals surface area contributed by atoms with Crippen LogP contribution in [0.15, 0.2) is 0 Å². The molecule has 0 heterocycles. The summed E-state index contributed by atoms with van der Waals surface area (Å²) in [7, 11) is 6.55. The molecule has 0 aromatic heterocycles. The van der Waals surface area contributed by atoms with Crippen molar-refractivity contribution in [1.29, 1.82) is 0 Å². The molecule has 0 aromatic carbocycles. The fraction of sp³-hybridized carbons (Fsp3) is 1.00. The largest absolute Gasteiger partial charge is 0.394 e. The van der Waals surface area contributed by atoms with E-state index >= 15 is 0 Å². The molecule has 1 atom stereocenters. The van der Waals surface area contributed by atoms with E-state index in [4.69, 9.17) is 0 Å². The lowest BCUT2D eigenvalue weighted by atomic mass is 9.75. The Morgan fingerprint density at radius 3 is 2.26 bits per heavy atom. The van der Waals surface area contributed by atoms with Crippen LogP contribution in [0.25, 0.3) is 0 Å². The van der Waals surface area contributed by atoms with E-state index in [1.165, 1.54) is 19.3 Å². The van der Waals surface area contributed by atoms with Crippen molar-refractivity contribution in [3.63, 3.8) is 0 Å². The van der Waals surface area contributed by atoms with Gasteiger partial charge in [-0.3, -0.25) is 0 Å². The Kier molecular flexibility index (Phi) is 6.24. The molecule has 4 nitrogen and oxygen atoms in total. The van der Waals surface area contributed by atoms with Crippen LogP contribution >= 0.6 is 0 Å². The van der Waals surface area contributed by atoms with Gasteiger partial charge in [0.1, 0.15) is 0 Å². The van der Waals surface area contributed by atoms with E-state index in [0.29, 0.717) is 5.54 Å². The van der Waals surface area contributed by atoms with Gasteiger partial charge in [-0.25, -0.2) is 0 Å². The van der Waals surface area contributed by atoms with Gasteiger partial charge >= 0.3 is 0 Å². The fourth-order valence-electron chi connectivity index (χ4n) is 3.07. The highest BCUT2D eigenvalue weighted by molar-refractivity contribution is 4.99. The monoisotopic (exact) mass is 271 g/mol. The zero-order valence-corrected chi connectivity index (χ0v) is 13.5. The van der Waals surface area contributed by atoms with Crippen LogP contribution in [0.3, 0.4) is 0 Å². The van der Waals surface area contributed by atoms with E-state index in [0.717, 1.165) is 26.1 Å². The van der Waals surface area contributed by atoms with E-state index in [1.54, 1.807) is 0 Å². The van der Waals surface area contributed by atoms with E-state index < -0.39 is 0 Å². The minimum Gasteiger partial charge on any atom is -0.394 e. The van der Waals surface area contributed by atoms with Crippen molar-refractivity contribution in [3.05, 3.63) is 0 Å². The van der Waals surface area contributed by atoms with Crippen LogP contribution in [0.5, 0.6) is 0 Å². The summed E-state index contributed by atoms with van der Waals surface area (Å²) in [4.78, 5) is 4.75. The number of nitrogens with one attached hydrogen (secondary N) is 1. The van der Waals surface area contributed by atoms with Gasteiger partial charge < -0.3 is 20.2 Å². The maximum Gasteiger partial charge on any atom is 0.0623 e. The Balaban J connectivity index is 2.50. The highest BCUT2D eigenvalue weighted by Crippen LogP contribution is 2.36. The van der Waals surface area contributed by atoms with Crippen molar-refractivity contribution in [2.75, 3.05) is 47.4 Å². The predicted octanol–water partition coefficient (Wildman–Crippen LogP) is 1.15. The first-order valence-corrected chi connectivity index (χ1v) is 7.59. The Morgan fingerprint density at radius 1 is 1.26 bits per heavy atom. The smallest absolute Gasteiger partial charge is 0.0623 e. The highest BCUT2D eigenvalue weighted by atomic mass is 16.3. The third-order valence-corrected chi connectivity index (χ3v) is 4.57. The van der Waals surface area contributed by atoms with E-state index in [1.807, 2.05) is 0 Å². The van der Waals surface area contributed by atoms with Crippen molar-refractivity contribution in [2.45, 2.75) is 50.6 Å². The molecule has 1 aliphatic carbocycles. The molecule has 0 radical (unpaired) electrons. The topological polar surface area (TPSA) is 38.7 Å². The van der Waals surface area contributed by atoms with Gasteiger partial charge in [-0.2, -0.15) is 0 Å². The van der Waals surface area contributed by atoms with Gasteiger partial charge in [0.05, 0.1) is 12.1 Å². The fourth-order valence-corrected chi connectivity index (χ4v) is 3.07. The maximum atomic E-state index is 9.64. The number of hydrogen-bond acceptors (Lipinski definition) is 4. The van der Waals surface area contributed by atoms with Crippen molar-refractivity contribution in [3.8, 4) is 0 Å². The van der Waals surface area contributed by atoms with Crippen LogP contribution in [0.2, 0.25) is 0 Å². The Labute approximate surface area is 119 Å². The van der Waals surface area contributed by atoms with Gasteiger partial charge in [-0.05, 0) is 60.3 Å². The summed E-state index contributed by atoms with van der Waals surface area (Å²) in [6.45, 7) is 7.39. The Bertz CT molecular complexity index is 266. The van der Waals surface area contributed by atoms with Gasteiger partial charge in [0.15, 0.2) is 0 Å². The quantitative estimate of drug-likeness (QED) is 0.660. The number of likely N-dealkylation sites (N-methyl/N-ethyl adjacent to an activating group) is 2. The molecule has 0 bridgehead atoms. The van der Waals surface area contributed by atoms with Crippen LogP contribution in [0.4, 0.5) is 0 Å². The second kappa shape index (κ2) is 7.02. The lowest BCUT2D eigenvalue weighted by Gasteiger charge is -2.50. The Morgan fingerprint density at radius 2 is 1.89 bits per heavy atom. The average Bonchev–Trinajstić information content (AvgIpc) is 2.31. The number of hydrogen-bond donors (Lipinski definition) is 2. The van der Waals surface area contributed by atoms with E-state index in [-0.39, 0.29) is 12.1 Å². The molecule has 0 aliphatic heterocycles. The summed E-state index contributed by atoms with van der Waals surface area (Å²) in [5, 5.41) is 13.1. The van der Waals surface area contributed by atoms with Crippen molar-refractivity contribution < 1.29 is 5.11 Å². The second-order valence-corrected chi connectivity index (χ2v) is 6.79. The molecule has 0 saturated heterocycles. The SMILES string of the molecule is CCCNC(C)(CO)CN(C)CC1(N(C)C)CCC1. The summed E-state index contributed by atoms with van der Waals surface area (Å²) in [5.41, 5.74) is 0.165. The van der Waals surface area contributed by atoms with Crippen LogP contribution in [-0.4, -0.2) is 73.4 Å². The number of aliphatic hydroxyl groups is 1. The molecule has 0 amide bonds. The molecule has 1 fully saturated rings. The molecule has 2 N–H and O–H groups in total. The minimum absolute atomic E-state index is 0.187. The summed E-state index contributed by atoms with van der Waals surface area (Å²) in [5.74, 6) is 0. The van der Waals surface area contributed by atoms with Crippen molar-refractivity contribution >= 4 is 0 Å². The highest BCUT2D eigenvalue weighted by Gasteiger charge is 2.40. The van der Waals surface area contributed by atoms with E-state index in [9.17, 15) is 5.11 Å². The second-order valence-electron chi connectivity index (χ2n) is 6.79. The third kappa shape index (κ3) is 4.42. The first-order valence-electron chi connectivity index (χ1n) is 7.59. The summed E-state index contributed by atoms with van der Waals surface area (Å²) < 4.78 is 0. The molecule has 1 saturated carbocycles.